The predicted molar refractivity (Wildman–Crippen MR) is 270 cm³/mol. The Morgan fingerprint density at radius 1 is 0.974 bits per heavy atom. The molecule has 2 unspecified atom stereocenters. The van der Waals surface area contributed by atoms with Gasteiger partial charge in [0.25, 0.3) is 17.2 Å². The van der Waals surface area contributed by atoms with Crippen molar-refractivity contribution in [3.63, 3.8) is 0 Å². The first-order chi connectivity index (χ1) is 36.7. The van der Waals surface area contributed by atoms with Gasteiger partial charge in [0.1, 0.15) is 30.7 Å². The van der Waals surface area contributed by atoms with Crippen molar-refractivity contribution in [2.24, 2.45) is 0 Å². The van der Waals surface area contributed by atoms with Crippen LogP contribution >= 0.6 is 16.1 Å². The third kappa shape index (κ3) is 11.4. The molecule has 2 aliphatic rings. The molecule has 2 fully saturated rings. The van der Waals surface area contributed by atoms with Gasteiger partial charge in [-0.25, -0.2) is 33.3 Å². The number of nitriles is 1. The van der Waals surface area contributed by atoms with E-state index in [0.29, 0.717) is 18.5 Å². The molecular formula is C46H52FN12O15P2Si+. The van der Waals surface area contributed by atoms with Gasteiger partial charge in [-0.05, 0) is 42.2 Å². The Morgan fingerprint density at radius 2 is 1.68 bits per heavy atom. The standard InChI is InChI=1S/C46H51FN12O15P2Si/c1-46(2,3)77(4,5)74-37-36(30(22-60)70-44(37)58-26-52-34-40(58)54-45-55(19-20-56(45)42(34)62)18-16-27-12-14-29(15-13-27)59(63)64)73-76(67,68-21-9-17-48)69-23-31-35(72-75(65)66)32(47)43(71-31)57-25-51-33-38(49-24-50-39(33)57)53-41(61)28-10-7-6-8-11-28/h6-8,10-15,19-20,24-26,30-32,35-37,43-44,60H,9,16,18,21-23H2,1-5H3,(H-,49,50,53,61,65,66)/p+1/t30-,31-,32-,35-,36-,37-,43-,44-,76?/m1/s1. The number of anilines is 1. The lowest BCUT2D eigenvalue weighted by atomic mass is 10.1. The molecule has 406 valence electrons. The number of nitrogens with zero attached hydrogens (tertiary/aromatic N) is 11. The molecule has 2 aromatic carbocycles. The van der Waals surface area contributed by atoms with Crippen molar-refractivity contribution < 1.29 is 65.2 Å². The van der Waals surface area contributed by atoms with Crippen molar-refractivity contribution in [2.75, 3.05) is 25.1 Å². The van der Waals surface area contributed by atoms with E-state index in [1.165, 1.54) is 33.6 Å². The number of benzene rings is 2. The van der Waals surface area contributed by atoms with Crippen LogP contribution in [0.3, 0.4) is 0 Å². The van der Waals surface area contributed by atoms with Crippen molar-refractivity contribution in [1.29, 1.82) is 5.26 Å². The molecule has 10 atom stereocenters. The molecule has 31 heteroatoms. The highest BCUT2D eigenvalue weighted by Crippen LogP contribution is 2.55. The predicted octanol–water partition coefficient (Wildman–Crippen LogP) is 6.08. The number of aliphatic hydroxyl groups excluding tert-OH is 1. The molecule has 2 saturated heterocycles. The zero-order valence-electron chi connectivity index (χ0n) is 41.8. The first-order valence-corrected chi connectivity index (χ1v) is 29.4. The number of nitro groups is 1. The largest absolute Gasteiger partial charge is 0.695 e. The van der Waals surface area contributed by atoms with Gasteiger partial charge in [-0.3, -0.25) is 42.4 Å². The first-order valence-electron chi connectivity index (χ1n) is 23.9. The summed E-state index contributed by atoms with van der Waals surface area (Å²) in [6, 6.07) is 16.2. The Hall–Kier alpha value is -6.64. The van der Waals surface area contributed by atoms with Gasteiger partial charge in [-0.2, -0.15) is 10.2 Å². The van der Waals surface area contributed by atoms with Crippen LogP contribution in [0.5, 0.6) is 0 Å². The third-order valence-electron chi connectivity index (χ3n) is 13.5. The summed E-state index contributed by atoms with van der Waals surface area (Å²) in [5, 5.41) is 33.8. The molecule has 77 heavy (non-hydrogen) atoms. The summed E-state index contributed by atoms with van der Waals surface area (Å²) in [5.74, 6) is -0.317. The number of nitro benzene ring substituents is 1. The fourth-order valence-electron chi connectivity index (χ4n) is 8.56. The summed E-state index contributed by atoms with van der Waals surface area (Å²) < 4.78 is 92.0. The van der Waals surface area contributed by atoms with Crippen molar-refractivity contribution in [2.45, 2.75) is 107 Å². The van der Waals surface area contributed by atoms with Gasteiger partial charge >= 0.3 is 16.1 Å². The van der Waals surface area contributed by atoms with E-state index in [4.69, 9.17) is 37.0 Å². The summed E-state index contributed by atoms with van der Waals surface area (Å²) in [6.07, 6.45) is -5.95. The molecule has 0 aliphatic carbocycles. The maximum absolute atomic E-state index is 16.6. The molecule has 0 saturated carbocycles. The summed E-state index contributed by atoms with van der Waals surface area (Å²) >= 11 is 0. The average molecular weight is 1120 g/mol. The SMILES string of the molecule is CC(C)(C)[Si](C)(C)O[C@@H]1[C@H](OP(=O)(OCCC#N)OC[C@H]2O[C@@H](n3cnc4c(NC(=O)c5ccccc5)ncnc43)[C@H](F)[C@@H]2O[P+](=O)O)[C@@H](CO)O[C@H]1n1cnc2c(=O)n3ccn(CCc4ccc([N+](=O)[O-])cc4)c3nc21. The number of phosphoric ester groups is 1. The van der Waals surface area contributed by atoms with Crippen LogP contribution in [0.4, 0.5) is 15.9 Å². The number of fused-ring (bicyclic) bond motifs is 3. The second kappa shape index (κ2) is 22.4. The fraction of sp³-hybridized carbons (Fsp3) is 0.435. The Kier molecular flexibility index (Phi) is 16.0. The van der Waals surface area contributed by atoms with E-state index in [9.17, 15) is 39.5 Å². The number of halogens is 1. The number of aryl methyl sites for hydroxylation is 2. The number of aliphatic hydroxyl groups is 1. The third-order valence-corrected chi connectivity index (χ3v) is 19.9. The number of phosphoric acid groups is 1. The molecule has 1 amide bonds. The number of ether oxygens (including phenoxy) is 2. The van der Waals surface area contributed by atoms with E-state index in [-0.39, 0.29) is 46.0 Å². The van der Waals surface area contributed by atoms with Crippen LogP contribution in [0.25, 0.3) is 28.1 Å². The summed E-state index contributed by atoms with van der Waals surface area (Å²) in [7, 11) is -11.4. The molecule has 5 aromatic heterocycles. The van der Waals surface area contributed by atoms with Crippen LogP contribution in [0.15, 0.2) is 90.8 Å². The van der Waals surface area contributed by atoms with Crippen molar-refractivity contribution in [1.82, 2.24) is 43.0 Å². The molecule has 7 heterocycles. The van der Waals surface area contributed by atoms with Crippen LogP contribution in [0, 0.1) is 21.4 Å². The summed E-state index contributed by atoms with van der Waals surface area (Å²) in [6.45, 7) is 7.90. The summed E-state index contributed by atoms with van der Waals surface area (Å²) in [4.78, 5) is 69.6. The number of hydrogen-bond donors (Lipinski definition) is 3. The number of carbonyl (C=O) groups excluding carboxylic acids is 1. The second-order valence-corrected chi connectivity index (χ2v) is 26.5. The van der Waals surface area contributed by atoms with Gasteiger partial charge in [0.15, 0.2) is 61.2 Å². The lowest BCUT2D eigenvalue weighted by molar-refractivity contribution is -0.384. The van der Waals surface area contributed by atoms with E-state index in [1.807, 2.05) is 39.9 Å². The molecule has 2 aliphatic heterocycles. The quantitative estimate of drug-likeness (QED) is 0.0241. The second-order valence-electron chi connectivity index (χ2n) is 19.4. The minimum atomic E-state index is -5.03. The van der Waals surface area contributed by atoms with Gasteiger partial charge in [-0.15, -0.1) is 9.42 Å². The Bertz CT molecular complexity index is 3480. The van der Waals surface area contributed by atoms with Crippen molar-refractivity contribution >= 4 is 69.9 Å². The number of amides is 1. The molecule has 27 nitrogen and oxygen atoms in total. The minimum absolute atomic E-state index is 0.0127. The highest BCUT2D eigenvalue weighted by molar-refractivity contribution is 7.48. The van der Waals surface area contributed by atoms with Gasteiger partial charge in [0.05, 0.1) is 49.9 Å². The number of nitrogens with one attached hydrogen (secondary N) is 1. The molecule has 0 spiro atoms. The molecule has 0 radical (unpaired) electrons. The first kappa shape index (κ1) is 55.1. The number of carbonyl (C=O) groups is 1. The number of imidazole rings is 3. The average Bonchev–Trinajstić information content (AvgIpc) is 4.26. The molecule has 9 rings (SSSR count). The summed E-state index contributed by atoms with van der Waals surface area (Å²) in [5.41, 5.74) is 0.548. The van der Waals surface area contributed by atoms with E-state index < -0.39 is 115 Å². The van der Waals surface area contributed by atoms with Crippen LogP contribution < -0.4 is 10.9 Å². The fourth-order valence-corrected chi connectivity index (χ4v) is 11.7. The Labute approximate surface area is 438 Å². The van der Waals surface area contributed by atoms with E-state index in [2.05, 4.69) is 25.3 Å². The van der Waals surface area contributed by atoms with Crippen LogP contribution in [-0.4, -0.2) is 129 Å². The minimum Gasteiger partial charge on any atom is -0.407 e. The number of hydrogen-bond acceptors (Lipinski definition) is 20. The molecule has 7 aromatic rings. The van der Waals surface area contributed by atoms with Gasteiger partial charge in [-0.1, -0.05) is 51.1 Å². The molecule has 0 bridgehead atoms. The van der Waals surface area contributed by atoms with Gasteiger partial charge in [0, 0.05) is 41.2 Å². The van der Waals surface area contributed by atoms with Crippen LogP contribution in [-0.2, 0) is 54.1 Å². The van der Waals surface area contributed by atoms with E-state index >= 15 is 8.96 Å². The molecular weight excluding hydrogens is 1070 g/mol. The van der Waals surface area contributed by atoms with Crippen LogP contribution in [0.1, 0.15) is 55.6 Å². The normalized spacial score (nSPS) is 22.9. The topological polar surface area (TPSA) is 336 Å². The maximum Gasteiger partial charge on any atom is 0.695 e. The number of alkyl halides is 1. The monoisotopic (exact) mass is 1120 g/mol. The Balaban J connectivity index is 1.01. The number of aromatic nitrogens is 9. The lowest BCUT2D eigenvalue weighted by Gasteiger charge is -2.40. The smallest absolute Gasteiger partial charge is 0.407 e. The van der Waals surface area contributed by atoms with Crippen molar-refractivity contribution in [3.05, 3.63) is 118 Å². The van der Waals surface area contributed by atoms with Crippen molar-refractivity contribution in [3.8, 4) is 6.07 Å². The number of rotatable bonds is 21. The Morgan fingerprint density at radius 3 is 2.35 bits per heavy atom. The highest BCUT2D eigenvalue weighted by atomic mass is 31.2. The molecule has 3 N–H and O–H groups in total. The zero-order chi connectivity index (χ0) is 55.0. The number of non-ortho nitro benzene ring substituents is 1. The lowest BCUT2D eigenvalue weighted by Crippen LogP contribution is -2.49. The zero-order valence-corrected chi connectivity index (χ0v) is 44.6. The van der Waals surface area contributed by atoms with Gasteiger partial charge < -0.3 is 28.9 Å². The van der Waals surface area contributed by atoms with E-state index in [0.717, 1.165) is 22.8 Å². The van der Waals surface area contributed by atoms with Gasteiger partial charge in [0.2, 0.25) is 5.78 Å². The van der Waals surface area contributed by atoms with E-state index in [1.54, 1.807) is 53.2 Å². The maximum atomic E-state index is 16.6. The highest BCUT2D eigenvalue weighted by Gasteiger charge is 2.56. The van der Waals surface area contributed by atoms with Crippen LogP contribution in [0.2, 0.25) is 18.1 Å².